The molecule has 0 fully saturated rings. The van der Waals surface area contributed by atoms with Gasteiger partial charge in [0.05, 0.1) is 5.69 Å². The number of aryl methyl sites for hydroxylation is 6. The third-order valence-electron chi connectivity index (χ3n) is 6.10. The standard InChI is InChI=1S/C30H33N2P/c1-21-17-23(3)29(24(4)18-21)31-33(27-13-9-7-10-14-27,28-15-11-8-12-16-28)32-30-25(5)19-22(2)20-26(30)6/h7-20,31H,1-6H3. The number of hydrogen-bond donors (Lipinski definition) is 1. The number of rotatable bonds is 5. The predicted molar refractivity (Wildman–Crippen MR) is 146 cm³/mol. The molecule has 0 unspecified atom stereocenters. The van der Waals surface area contributed by atoms with E-state index in [1.807, 2.05) is 0 Å². The van der Waals surface area contributed by atoms with Gasteiger partial charge in [-0.25, -0.2) is 4.74 Å². The predicted octanol–water partition coefficient (Wildman–Crippen LogP) is 8.05. The van der Waals surface area contributed by atoms with Gasteiger partial charge in [-0.05, 0) is 63.8 Å². The van der Waals surface area contributed by atoms with Crippen molar-refractivity contribution in [1.82, 2.24) is 0 Å². The van der Waals surface area contributed by atoms with E-state index in [0.29, 0.717) is 0 Å². The summed E-state index contributed by atoms with van der Waals surface area (Å²) in [5, 5.41) is 6.49. The van der Waals surface area contributed by atoms with Gasteiger partial charge in [-0.1, -0.05) is 96.1 Å². The minimum atomic E-state index is -2.41. The van der Waals surface area contributed by atoms with Crippen molar-refractivity contribution in [2.75, 3.05) is 5.09 Å². The molecular weight excluding hydrogens is 419 g/mol. The number of nitrogens with one attached hydrogen (secondary N) is 1. The van der Waals surface area contributed by atoms with Crippen LogP contribution in [-0.4, -0.2) is 0 Å². The molecule has 0 bridgehead atoms. The first-order chi connectivity index (χ1) is 15.8. The van der Waals surface area contributed by atoms with Gasteiger partial charge < -0.3 is 5.09 Å². The fraction of sp³-hybridized carbons (Fsp3) is 0.200. The summed E-state index contributed by atoms with van der Waals surface area (Å²) >= 11 is 0. The highest BCUT2D eigenvalue weighted by Gasteiger charge is 2.27. The summed E-state index contributed by atoms with van der Waals surface area (Å²) < 4.78 is 5.67. The first kappa shape index (κ1) is 23.1. The topological polar surface area (TPSA) is 24.4 Å². The maximum absolute atomic E-state index is 5.67. The molecule has 168 valence electrons. The molecular formula is C30H33N2P. The molecule has 2 nitrogen and oxygen atoms in total. The summed E-state index contributed by atoms with van der Waals surface area (Å²) in [4.78, 5) is 0. The largest absolute Gasteiger partial charge is 0.345 e. The first-order valence-corrected chi connectivity index (χ1v) is 13.2. The first-order valence-electron chi connectivity index (χ1n) is 11.5. The van der Waals surface area contributed by atoms with Gasteiger partial charge in [0.2, 0.25) is 0 Å². The molecule has 0 aliphatic carbocycles. The van der Waals surface area contributed by atoms with E-state index in [1.165, 1.54) is 49.7 Å². The molecule has 33 heavy (non-hydrogen) atoms. The van der Waals surface area contributed by atoms with Gasteiger partial charge in [0.1, 0.15) is 7.21 Å². The van der Waals surface area contributed by atoms with Gasteiger partial charge in [0.15, 0.2) is 0 Å². The summed E-state index contributed by atoms with van der Waals surface area (Å²) in [7, 11) is -2.41. The number of benzene rings is 4. The lowest BCUT2D eigenvalue weighted by Gasteiger charge is -2.30. The summed E-state index contributed by atoms with van der Waals surface area (Å²) in [6.07, 6.45) is 0. The van der Waals surface area contributed by atoms with Crippen molar-refractivity contribution in [3.63, 3.8) is 0 Å². The van der Waals surface area contributed by atoms with Crippen LogP contribution in [0.2, 0.25) is 0 Å². The molecule has 0 spiro atoms. The molecule has 0 saturated heterocycles. The summed E-state index contributed by atoms with van der Waals surface area (Å²) in [6, 6.07) is 30.5. The molecule has 0 saturated carbocycles. The molecule has 0 amide bonds. The van der Waals surface area contributed by atoms with Crippen LogP contribution in [0.1, 0.15) is 33.4 Å². The van der Waals surface area contributed by atoms with Crippen molar-refractivity contribution in [2.24, 2.45) is 4.74 Å². The molecule has 0 atom stereocenters. The lowest BCUT2D eigenvalue weighted by molar-refractivity contribution is 1.29. The van der Waals surface area contributed by atoms with Crippen molar-refractivity contribution in [1.29, 1.82) is 0 Å². The van der Waals surface area contributed by atoms with Crippen LogP contribution in [0.4, 0.5) is 11.4 Å². The molecule has 4 aromatic rings. The lowest BCUT2D eigenvalue weighted by atomic mass is 10.1. The normalized spacial score (nSPS) is 11.3. The maximum Gasteiger partial charge on any atom is 0.115 e. The number of nitrogens with zero attached hydrogens (tertiary/aromatic N) is 1. The molecule has 1 N–H and O–H groups in total. The van der Waals surface area contributed by atoms with Crippen LogP contribution in [0.25, 0.3) is 0 Å². The Bertz CT molecular complexity index is 1250. The van der Waals surface area contributed by atoms with E-state index >= 15 is 0 Å². The minimum absolute atomic E-state index is 1.08. The molecule has 3 heteroatoms. The van der Waals surface area contributed by atoms with Gasteiger partial charge in [-0.15, -0.1) is 0 Å². The molecule has 0 aromatic heterocycles. The Morgan fingerprint density at radius 1 is 0.545 bits per heavy atom. The van der Waals surface area contributed by atoms with Crippen molar-refractivity contribution in [2.45, 2.75) is 41.5 Å². The minimum Gasteiger partial charge on any atom is -0.345 e. The van der Waals surface area contributed by atoms with Gasteiger partial charge in [0.25, 0.3) is 0 Å². The molecule has 0 heterocycles. The van der Waals surface area contributed by atoms with Gasteiger partial charge in [-0.2, -0.15) is 0 Å². The zero-order valence-electron chi connectivity index (χ0n) is 20.5. The van der Waals surface area contributed by atoms with E-state index in [1.54, 1.807) is 0 Å². The third-order valence-corrected chi connectivity index (χ3v) is 9.23. The van der Waals surface area contributed by atoms with Gasteiger partial charge in [-0.3, -0.25) is 0 Å². The SMILES string of the molecule is Cc1cc(C)c(N=P(Nc2c(C)cc(C)cc2C)(c2ccccc2)c2ccccc2)c(C)c1. The molecule has 0 aliphatic rings. The van der Waals surface area contributed by atoms with Crippen LogP contribution < -0.4 is 15.7 Å². The lowest BCUT2D eigenvalue weighted by Crippen LogP contribution is -2.23. The second-order valence-electron chi connectivity index (χ2n) is 9.04. The highest BCUT2D eigenvalue weighted by Crippen LogP contribution is 2.52. The number of anilines is 1. The van der Waals surface area contributed by atoms with E-state index < -0.39 is 7.21 Å². The van der Waals surface area contributed by atoms with Crippen LogP contribution in [0.3, 0.4) is 0 Å². The van der Waals surface area contributed by atoms with Crippen LogP contribution in [-0.2, 0) is 0 Å². The highest BCUT2D eigenvalue weighted by molar-refractivity contribution is 7.82. The Balaban J connectivity index is 2.12. The van der Waals surface area contributed by atoms with Crippen LogP contribution in [0.5, 0.6) is 0 Å². The van der Waals surface area contributed by atoms with Gasteiger partial charge in [0, 0.05) is 16.3 Å². The average molecular weight is 453 g/mol. The third kappa shape index (κ3) is 4.68. The zero-order chi connectivity index (χ0) is 23.6. The van der Waals surface area contributed by atoms with Crippen LogP contribution in [0.15, 0.2) is 89.7 Å². The van der Waals surface area contributed by atoms with E-state index in [0.717, 1.165) is 5.69 Å². The van der Waals surface area contributed by atoms with Gasteiger partial charge >= 0.3 is 0 Å². The fourth-order valence-corrected chi connectivity index (χ4v) is 8.04. The van der Waals surface area contributed by atoms with E-state index in [-0.39, 0.29) is 0 Å². The monoisotopic (exact) mass is 452 g/mol. The molecule has 4 rings (SSSR count). The Kier molecular flexibility index (Phi) is 6.58. The van der Waals surface area contributed by atoms with E-state index in [4.69, 9.17) is 4.74 Å². The van der Waals surface area contributed by atoms with Crippen LogP contribution in [0, 0.1) is 41.5 Å². The average Bonchev–Trinajstić information content (AvgIpc) is 2.78. The summed E-state index contributed by atoms with van der Waals surface area (Å²) in [5.41, 5.74) is 9.72. The quantitative estimate of drug-likeness (QED) is 0.304. The highest BCUT2D eigenvalue weighted by atomic mass is 31.2. The Morgan fingerprint density at radius 3 is 1.36 bits per heavy atom. The second kappa shape index (κ2) is 9.41. The maximum atomic E-state index is 5.67. The number of hydrogen-bond acceptors (Lipinski definition) is 1. The Hall–Kier alpha value is -3.09. The summed E-state index contributed by atoms with van der Waals surface area (Å²) in [5.74, 6) is 0. The van der Waals surface area contributed by atoms with E-state index in [9.17, 15) is 0 Å². The Labute approximate surface area is 198 Å². The smallest absolute Gasteiger partial charge is 0.115 e. The molecule has 0 radical (unpaired) electrons. The van der Waals surface area contributed by atoms with Crippen molar-refractivity contribution in [3.05, 3.63) is 118 Å². The van der Waals surface area contributed by atoms with E-state index in [2.05, 4.69) is 132 Å². The fourth-order valence-electron chi connectivity index (χ4n) is 4.70. The zero-order valence-corrected chi connectivity index (χ0v) is 21.4. The molecule has 4 aromatic carbocycles. The van der Waals surface area contributed by atoms with Crippen molar-refractivity contribution in [3.8, 4) is 0 Å². The van der Waals surface area contributed by atoms with Crippen molar-refractivity contribution >= 4 is 29.2 Å². The molecule has 0 aliphatic heterocycles. The second-order valence-corrected chi connectivity index (χ2v) is 11.8. The Morgan fingerprint density at radius 2 is 0.939 bits per heavy atom. The van der Waals surface area contributed by atoms with Crippen molar-refractivity contribution < 1.29 is 0 Å². The summed E-state index contributed by atoms with van der Waals surface area (Å²) in [6.45, 7) is 13.0. The van der Waals surface area contributed by atoms with Crippen LogP contribution >= 0.6 is 7.21 Å².